The third-order valence-electron chi connectivity index (χ3n) is 3.62. The lowest BCUT2D eigenvalue weighted by molar-refractivity contribution is -0.136. The van der Waals surface area contributed by atoms with E-state index in [0.29, 0.717) is 16.3 Å². The highest BCUT2D eigenvalue weighted by Crippen LogP contribution is 2.37. The van der Waals surface area contributed by atoms with E-state index in [0.717, 1.165) is 36.1 Å². The van der Waals surface area contributed by atoms with E-state index in [1.54, 1.807) is 12.1 Å². The quantitative estimate of drug-likeness (QED) is 0.506. The van der Waals surface area contributed by atoms with Gasteiger partial charge in [0.2, 0.25) is 0 Å². The van der Waals surface area contributed by atoms with Gasteiger partial charge in [-0.25, -0.2) is 5.43 Å². The smallest absolute Gasteiger partial charge is 0.329 e. The van der Waals surface area contributed by atoms with Gasteiger partial charge in [0.1, 0.15) is 16.8 Å². The van der Waals surface area contributed by atoms with E-state index in [-0.39, 0.29) is 0 Å². The number of nitriles is 1. The Morgan fingerprint density at radius 2 is 2.17 bits per heavy atom. The van der Waals surface area contributed by atoms with Gasteiger partial charge < -0.3 is 9.73 Å². The minimum Gasteiger partial charge on any atom is -0.463 e. The van der Waals surface area contributed by atoms with E-state index < -0.39 is 11.8 Å². The monoisotopic (exact) mass is 342 g/mol. The Hall–Kier alpha value is -2.92. The van der Waals surface area contributed by atoms with Crippen molar-refractivity contribution in [2.75, 3.05) is 5.32 Å². The fourth-order valence-corrected chi connectivity index (χ4v) is 3.74. The van der Waals surface area contributed by atoms with E-state index in [2.05, 4.69) is 21.9 Å². The Morgan fingerprint density at radius 1 is 1.33 bits per heavy atom. The first kappa shape index (κ1) is 16.0. The van der Waals surface area contributed by atoms with E-state index in [1.807, 2.05) is 0 Å². The van der Waals surface area contributed by atoms with Crippen LogP contribution in [-0.2, 0) is 22.4 Å². The van der Waals surface area contributed by atoms with Crippen LogP contribution in [0, 0.1) is 11.3 Å². The number of hydrazone groups is 1. The predicted octanol–water partition coefficient (Wildman–Crippen LogP) is 2.18. The van der Waals surface area contributed by atoms with Crippen LogP contribution in [0.25, 0.3) is 0 Å². The van der Waals surface area contributed by atoms with Gasteiger partial charge >= 0.3 is 11.8 Å². The van der Waals surface area contributed by atoms with E-state index >= 15 is 0 Å². The normalized spacial score (nSPS) is 13.3. The topological polar surface area (TPSA) is 107 Å². The minimum absolute atomic E-state index is 0.430. The number of fused-ring (bicyclic) bond motifs is 1. The predicted molar refractivity (Wildman–Crippen MR) is 88.8 cm³/mol. The van der Waals surface area contributed by atoms with Crippen molar-refractivity contribution in [2.45, 2.75) is 25.7 Å². The van der Waals surface area contributed by atoms with Gasteiger partial charge in [-0.05, 0) is 43.4 Å². The van der Waals surface area contributed by atoms with Gasteiger partial charge in [-0.2, -0.15) is 10.4 Å². The fraction of sp³-hybridized carbons (Fsp3) is 0.250. The Kier molecular flexibility index (Phi) is 4.72. The van der Waals surface area contributed by atoms with Crippen molar-refractivity contribution in [1.82, 2.24) is 5.43 Å². The summed E-state index contributed by atoms with van der Waals surface area (Å²) in [7, 11) is 0. The second-order valence-corrected chi connectivity index (χ2v) is 6.30. The Morgan fingerprint density at radius 3 is 2.92 bits per heavy atom. The van der Waals surface area contributed by atoms with Crippen LogP contribution in [0.2, 0.25) is 0 Å². The van der Waals surface area contributed by atoms with Gasteiger partial charge in [-0.15, -0.1) is 11.3 Å². The maximum absolute atomic E-state index is 12.0. The third-order valence-corrected chi connectivity index (χ3v) is 4.82. The number of nitrogens with zero attached hydrogens (tertiary/aromatic N) is 2. The highest BCUT2D eigenvalue weighted by Gasteiger charge is 2.23. The summed E-state index contributed by atoms with van der Waals surface area (Å²) in [4.78, 5) is 24.9. The summed E-state index contributed by atoms with van der Waals surface area (Å²) in [6.07, 6.45) is 6.61. The van der Waals surface area contributed by atoms with Gasteiger partial charge in [-0.1, -0.05) is 0 Å². The van der Waals surface area contributed by atoms with Crippen LogP contribution >= 0.6 is 11.3 Å². The molecule has 2 heterocycles. The Balaban J connectivity index is 1.65. The molecule has 0 unspecified atom stereocenters. The van der Waals surface area contributed by atoms with E-state index in [1.165, 1.54) is 23.8 Å². The molecule has 0 spiro atoms. The molecule has 122 valence electrons. The lowest BCUT2D eigenvalue weighted by Crippen LogP contribution is -2.32. The summed E-state index contributed by atoms with van der Waals surface area (Å²) in [5.74, 6) is -1.32. The lowest BCUT2D eigenvalue weighted by Gasteiger charge is -2.09. The average molecular weight is 342 g/mol. The highest BCUT2D eigenvalue weighted by molar-refractivity contribution is 7.16. The number of hydrogen-bond donors (Lipinski definition) is 2. The second kappa shape index (κ2) is 7.10. The molecule has 0 saturated carbocycles. The molecule has 2 aromatic heterocycles. The summed E-state index contributed by atoms with van der Waals surface area (Å²) in [5, 5.41) is 15.9. The molecule has 0 aromatic carbocycles. The molecule has 0 radical (unpaired) electrons. The zero-order valence-corrected chi connectivity index (χ0v) is 13.5. The number of carbonyl (C=O) groups excluding carboxylic acids is 2. The standard InChI is InChI=1S/C16H14N4O3S/c17-8-12-11-5-1-2-6-13(11)24-16(12)19-14(21)15(22)20-18-9-10-4-3-7-23-10/h3-4,7,9H,1-2,5-6H2,(H,19,21)(H,20,22)/b18-9+. The van der Waals surface area contributed by atoms with Gasteiger partial charge in [0, 0.05) is 4.88 Å². The van der Waals surface area contributed by atoms with Crippen molar-refractivity contribution in [1.29, 1.82) is 5.26 Å². The van der Waals surface area contributed by atoms with Crippen molar-refractivity contribution in [3.63, 3.8) is 0 Å². The van der Waals surface area contributed by atoms with E-state index in [9.17, 15) is 14.9 Å². The molecule has 2 aromatic rings. The van der Waals surface area contributed by atoms with Gasteiger partial charge in [0.25, 0.3) is 0 Å². The molecular formula is C16H14N4O3S. The van der Waals surface area contributed by atoms with Crippen LogP contribution < -0.4 is 10.7 Å². The molecule has 0 bridgehead atoms. The molecule has 0 fully saturated rings. The Bertz CT molecular complexity index is 830. The molecular weight excluding hydrogens is 328 g/mol. The molecule has 1 aliphatic rings. The van der Waals surface area contributed by atoms with Crippen molar-refractivity contribution in [2.24, 2.45) is 5.10 Å². The molecule has 0 saturated heterocycles. The molecule has 24 heavy (non-hydrogen) atoms. The first-order valence-electron chi connectivity index (χ1n) is 7.41. The summed E-state index contributed by atoms with van der Waals surface area (Å²) in [6, 6.07) is 5.47. The summed E-state index contributed by atoms with van der Waals surface area (Å²) < 4.78 is 5.01. The number of anilines is 1. The molecule has 0 atom stereocenters. The zero-order valence-electron chi connectivity index (χ0n) is 12.7. The van der Waals surface area contributed by atoms with Crippen LogP contribution in [0.4, 0.5) is 5.00 Å². The van der Waals surface area contributed by atoms with Crippen molar-refractivity contribution >= 4 is 34.4 Å². The lowest BCUT2D eigenvalue weighted by atomic mass is 9.96. The molecule has 8 heteroatoms. The Labute approximate surface area is 142 Å². The number of aryl methyl sites for hydroxylation is 1. The second-order valence-electron chi connectivity index (χ2n) is 5.20. The van der Waals surface area contributed by atoms with Crippen LogP contribution in [0.5, 0.6) is 0 Å². The molecule has 7 nitrogen and oxygen atoms in total. The van der Waals surface area contributed by atoms with Crippen molar-refractivity contribution in [3.8, 4) is 6.07 Å². The fourth-order valence-electron chi connectivity index (χ4n) is 2.50. The summed E-state index contributed by atoms with van der Waals surface area (Å²) >= 11 is 1.37. The largest absolute Gasteiger partial charge is 0.463 e. The number of rotatable bonds is 3. The first-order valence-corrected chi connectivity index (χ1v) is 8.23. The number of thiophene rings is 1. The highest BCUT2D eigenvalue weighted by atomic mass is 32.1. The maximum Gasteiger partial charge on any atom is 0.329 e. The number of hydrogen-bond acceptors (Lipinski definition) is 6. The van der Waals surface area contributed by atoms with Gasteiger partial charge in [0.05, 0.1) is 18.0 Å². The SMILES string of the molecule is N#Cc1c(NC(=O)C(=O)N/N=C/c2ccco2)sc2c1CCCC2. The number of nitrogens with one attached hydrogen (secondary N) is 2. The van der Waals surface area contributed by atoms with Crippen LogP contribution in [-0.4, -0.2) is 18.0 Å². The average Bonchev–Trinajstić information content (AvgIpc) is 3.21. The molecule has 0 aliphatic heterocycles. The van der Waals surface area contributed by atoms with E-state index in [4.69, 9.17) is 4.42 Å². The summed E-state index contributed by atoms with van der Waals surface area (Å²) in [5.41, 5.74) is 3.59. The van der Waals surface area contributed by atoms with Gasteiger partial charge in [0.15, 0.2) is 0 Å². The number of furan rings is 1. The molecule has 2 N–H and O–H groups in total. The maximum atomic E-state index is 12.0. The zero-order chi connectivity index (χ0) is 16.9. The summed E-state index contributed by atoms with van der Waals surface area (Å²) in [6.45, 7) is 0. The molecule has 1 aliphatic carbocycles. The van der Waals surface area contributed by atoms with Crippen molar-refractivity contribution in [3.05, 3.63) is 40.2 Å². The van der Waals surface area contributed by atoms with Crippen LogP contribution in [0.1, 0.15) is 34.6 Å². The van der Waals surface area contributed by atoms with Crippen LogP contribution in [0.3, 0.4) is 0 Å². The van der Waals surface area contributed by atoms with Crippen LogP contribution in [0.15, 0.2) is 27.9 Å². The third kappa shape index (κ3) is 3.36. The minimum atomic E-state index is -0.909. The first-order chi connectivity index (χ1) is 11.7. The number of carbonyl (C=O) groups is 2. The molecule has 2 amide bonds. The number of amides is 2. The molecule has 3 rings (SSSR count). The van der Waals surface area contributed by atoms with Crippen molar-refractivity contribution < 1.29 is 14.0 Å². The van der Waals surface area contributed by atoms with Gasteiger partial charge in [-0.3, -0.25) is 9.59 Å².